The first-order valence-corrected chi connectivity index (χ1v) is 6.37. The third-order valence-corrected chi connectivity index (χ3v) is 3.17. The molecule has 0 radical (unpaired) electrons. The average Bonchev–Trinajstić information content (AvgIpc) is 2.34. The van der Waals surface area contributed by atoms with Crippen molar-refractivity contribution in [2.75, 3.05) is 0 Å². The van der Waals surface area contributed by atoms with Gasteiger partial charge in [-0.15, -0.1) is 0 Å². The molecule has 0 atom stereocenters. The molecule has 2 aromatic carbocycles. The largest absolute Gasteiger partial charge is 0.294 e. The lowest BCUT2D eigenvalue weighted by Crippen LogP contribution is -2.04. The third-order valence-electron chi connectivity index (χ3n) is 2.50. The first kappa shape index (κ1) is 13.1. The van der Waals surface area contributed by atoms with Gasteiger partial charge in [-0.05, 0) is 52.4 Å². The van der Waals surface area contributed by atoms with Crippen LogP contribution < -0.4 is 0 Å². The monoisotopic (exact) mass is 358 g/mol. The zero-order chi connectivity index (χ0) is 13.1. The Labute approximate surface area is 117 Å². The smallest absolute Gasteiger partial charge is 0.167 e. The minimum atomic E-state index is -0.928. The lowest BCUT2D eigenvalue weighted by atomic mass is 10.0. The molecule has 0 saturated carbocycles. The highest BCUT2D eigenvalue weighted by atomic mass is 127. The van der Waals surface area contributed by atoms with Gasteiger partial charge in [0.05, 0.1) is 0 Å². The van der Waals surface area contributed by atoms with Crippen molar-refractivity contribution in [1.82, 2.24) is 0 Å². The van der Waals surface area contributed by atoms with Gasteiger partial charge in [-0.1, -0.05) is 18.2 Å². The van der Waals surface area contributed by atoms with Gasteiger partial charge in [0.15, 0.2) is 17.4 Å². The van der Waals surface area contributed by atoms with E-state index in [1.54, 1.807) is 18.2 Å². The summed E-state index contributed by atoms with van der Waals surface area (Å²) in [5.41, 5.74) is 1.05. The summed E-state index contributed by atoms with van der Waals surface area (Å²) in [5, 5.41) is 0. The van der Waals surface area contributed by atoms with Crippen molar-refractivity contribution in [3.8, 4) is 0 Å². The van der Waals surface area contributed by atoms with E-state index in [1.165, 1.54) is 6.07 Å². The molecule has 0 aliphatic carbocycles. The van der Waals surface area contributed by atoms with Crippen molar-refractivity contribution in [1.29, 1.82) is 0 Å². The number of rotatable bonds is 3. The zero-order valence-corrected chi connectivity index (χ0v) is 11.4. The van der Waals surface area contributed by atoms with E-state index < -0.39 is 11.6 Å². The fraction of sp³-hybridized carbons (Fsp3) is 0.0714. The number of Topliss-reactive ketones (excluding diaryl/α,β-unsaturated/α-hetero) is 1. The second-order valence-electron chi connectivity index (χ2n) is 3.86. The summed E-state index contributed by atoms with van der Waals surface area (Å²) in [5.74, 6) is -1.94. The van der Waals surface area contributed by atoms with Crippen molar-refractivity contribution < 1.29 is 13.6 Å². The molecule has 0 bridgehead atoms. The van der Waals surface area contributed by atoms with E-state index in [1.807, 2.05) is 6.07 Å². The molecule has 0 amide bonds. The van der Waals surface area contributed by atoms with Gasteiger partial charge in [-0.3, -0.25) is 4.79 Å². The molecule has 1 nitrogen and oxygen atoms in total. The molecule has 2 aromatic rings. The van der Waals surface area contributed by atoms with Crippen LogP contribution in [0.5, 0.6) is 0 Å². The molecule has 0 N–H and O–H groups in total. The Morgan fingerprint density at radius 2 is 1.83 bits per heavy atom. The van der Waals surface area contributed by atoms with Crippen LogP contribution in [0.2, 0.25) is 0 Å². The Morgan fingerprint density at radius 1 is 1.06 bits per heavy atom. The van der Waals surface area contributed by atoms with E-state index in [4.69, 9.17) is 0 Å². The maximum Gasteiger partial charge on any atom is 0.167 e. The summed E-state index contributed by atoms with van der Waals surface area (Å²) < 4.78 is 26.7. The van der Waals surface area contributed by atoms with Crippen molar-refractivity contribution >= 4 is 28.4 Å². The van der Waals surface area contributed by atoms with Gasteiger partial charge >= 0.3 is 0 Å². The molecule has 0 aromatic heterocycles. The number of carbonyl (C=O) groups is 1. The molecule has 0 heterocycles. The van der Waals surface area contributed by atoms with Gasteiger partial charge in [0.25, 0.3) is 0 Å². The van der Waals surface area contributed by atoms with Crippen molar-refractivity contribution in [2.24, 2.45) is 0 Å². The molecular weight excluding hydrogens is 349 g/mol. The average molecular weight is 358 g/mol. The lowest BCUT2D eigenvalue weighted by molar-refractivity contribution is 0.0993. The van der Waals surface area contributed by atoms with Crippen LogP contribution in [0.4, 0.5) is 8.78 Å². The van der Waals surface area contributed by atoms with Crippen LogP contribution in [-0.2, 0) is 6.42 Å². The molecule has 0 fully saturated rings. The summed E-state index contributed by atoms with van der Waals surface area (Å²) in [4.78, 5) is 11.9. The first-order chi connectivity index (χ1) is 8.56. The number of hydrogen-bond acceptors (Lipinski definition) is 1. The summed E-state index contributed by atoms with van der Waals surface area (Å²) >= 11 is 2.12. The highest BCUT2D eigenvalue weighted by molar-refractivity contribution is 14.1. The molecule has 0 saturated heterocycles. The SMILES string of the molecule is O=C(Cc1ccc(F)c(F)c1)c1cccc(I)c1. The van der Waals surface area contributed by atoms with Gasteiger partial charge in [0.2, 0.25) is 0 Å². The van der Waals surface area contributed by atoms with Crippen LogP contribution >= 0.6 is 22.6 Å². The van der Waals surface area contributed by atoms with Crippen LogP contribution in [0, 0.1) is 15.2 Å². The fourth-order valence-corrected chi connectivity index (χ4v) is 2.14. The van der Waals surface area contributed by atoms with E-state index in [2.05, 4.69) is 22.6 Å². The highest BCUT2D eigenvalue weighted by Crippen LogP contribution is 2.13. The Morgan fingerprint density at radius 3 is 2.50 bits per heavy atom. The molecule has 92 valence electrons. The summed E-state index contributed by atoms with van der Waals surface area (Å²) in [6, 6.07) is 10.7. The van der Waals surface area contributed by atoms with E-state index in [0.29, 0.717) is 11.1 Å². The molecule has 0 spiro atoms. The number of hydrogen-bond donors (Lipinski definition) is 0. The maximum atomic E-state index is 13.0. The second kappa shape index (κ2) is 5.56. The Balaban J connectivity index is 2.18. The van der Waals surface area contributed by atoms with Crippen LogP contribution in [0.1, 0.15) is 15.9 Å². The number of ketones is 1. The van der Waals surface area contributed by atoms with Crippen LogP contribution in [0.3, 0.4) is 0 Å². The summed E-state index contributed by atoms with van der Waals surface area (Å²) in [6.45, 7) is 0. The highest BCUT2D eigenvalue weighted by Gasteiger charge is 2.09. The standard InChI is InChI=1S/C14H9F2IO/c15-12-5-4-9(6-13(12)16)7-14(18)10-2-1-3-11(17)8-10/h1-6,8H,7H2. The van der Waals surface area contributed by atoms with Gasteiger partial charge in [-0.25, -0.2) is 8.78 Å². The second-order valence-corrected chi connectivity index (χ2v) is 5.10. The molecule has 0 aliphatic rings. The molecule has 2 rings (SSSR count). The van der Waals surface area contributed by atoms with E-state index in [-0.39, 0.29) is 12.2 Å². The Kier molecular flexibility index (Phi) is 4.06. The Bertz CT molecular complexity index is 596. The number of carbonyl (C=O) groups excluding carboxylic acids is 1. The predicted octanol–water partition coefficient (Wildman–Crippen LogP) is 3.99. The van der Waals surface area contributed by atoms with Crippen molar-refractivity contribution in [2.45, 2.75) is 6.42 Å². The summed E-state index contributed by atoms with van der Waals surface area (Å²) in [7, 11) is 0. The van der Waals surface area contributed by atoms with E-state index in [9.17, 15) is 13.6 Å². The first-order valence-electron chi connectivity index (χ1n) is 5.29. The predicted molar refractivity (Wildman–Crippen MR) is 73.6 cm³/mol. The number of benzene rings is 2. The topological polar surface area (TPSA) is 17.1 Å². The quantitative estimate of drug-likeness (QED) is 0.599. The molecule has 0 unspecified atom stereocenters. The van der Waals surface area contributed by atoms with Crippen LogP contribution in [0.25, 0.3) is 0 Å². The van der Waals surface area contributed by atoms with Crippen LogP contribution in [-0.4, -0.2) is 5.78 Å². The molecular formula is C14H9F2IO. The van der Waals surface area contributed by atoms with Crippen molar-refractivity contribution in [3.05, 3.63) is 68.8 Å². The molecule has 18 heavy (non-hydrogen) atoms. The number of halogens is 3. The molecule has 4 heteroatoms. The fourth-order valence-electron chi connectivity index (χ4n) is 1.60. The van der Waals surface area contributed by atoms with Gasteiger partial charge in [0, 0.05) is 15.6 Å². The normalized spacial score (nSPS) is 10.4. The van der Waals surface area contributed by atoms with E-state index in [0.717, 1.165) is 15.7 Å². The summed E-state index contributed by atoms with van der Waals surface area (Å²) in [6.07, 6.45) is 0.0668. The maximum absolute atomic E-state index is 13.0. The zero-order valence-electron chi connectivity index (χ0n) is 9.29. The minimum Gasteiger partial charge on any atom is -0.294 e. The molecule has 0 aliphatic heterocycles. The van der Waals surface area contributed by atoms with Gasteiger partial charge in [0.1, 0.15) is 0 Å². The van der Waals surface area contributed by atoms with Crippen molar-refractivity contribution in [3.63, 3.8) is 0 Å². The van der Waals surface area contributed by atoms with Crippen LogP contribution in [0.15, 0.2) is 42.5 Å². The minimum absolute atomic E-state index is 0.0668. The lowest BCUT2D eigenvalue weighted by Gasteiger charge is -2.03. The van der Waals surface area contributed by atoms with E-state index >= 15 is 0 Å². The van der Waals surface area contributed by atoms with Gasteiger partial charge < -0.3 is 0 Å². The Hall–Kier alpha value is -1.30. The third kappa shape index (κ3) is 3.13. The van der Waals surface area contributed by atoms with Gasteiger partial charge in [-0.2, -0.15) is 0 Å².